The largest absolute Gasteiger partial charge is 0.331 e. The van der Waals surface area contributed by atoms with E-state index in [9.17, 15) is 0 Å². The lowest BCUT2D eigenvalue weighted by atomic mass is 9.97. The van der Waals surface area contributed by atoms with E-state index in [1.54, 1.807) is 0 Å². The highest BCUT2D eigenvalue weighted by Gasteiger charge is 2.34. The molecule has 2 unspecified atom stereocenters. The molecule has 1 fully saturated rings. The predicted octanol–water partition coefficient (Wildman–Crippen LogP) is 2.07. The third-order valence-corrected chi connectivity index (χ3v) is 3.99. The fourth-order valence-electron chi connectivity index (χ4n) is 3.01. The van der Waals surface area contributed by atoms with E-state index in [0.29, 0.717) is 18.0 Å². The van der Waals surface area contributed by atoms with Gasteiger partial charge in [-0.1, -0.05) is 6.92 Å². The number of hydrogen-bond acceptors (Lipinski definition) is 3. The topological polar surface area (TPSA) is 33.1 Å². The van der Waals surface area contributed by atoms with Gasteiger partial charge < -0.3 is 9.88 Å². The highest BCUT2D eigenvalue weighted by Crippen LogP contribution is 2.36. The molecule has 102 valence electrons. The van der Waals surface area contributed by atoms with Crippen LogP contribution in [0.25, 0.3) is 0 Å². The van der Waals surface area contributed by atoms with Gasteiger partial charge in [-0.05, 0) is 52.9 Å². The summed E-state index contributed by atoms with van der Waals surface area (Å²) in [5.74, 6) is 0.698. The molecule has 2 heterocycles. The molecule has 1 aliphatic rings. The van der Waals surface area contributed by atoms with Gasteiger partial charge in [0.2, 0.25) is 0 Å². The zero-order valence-electron chi connectivity index (χ0n) is 12.1. The van der Waals surface area contributed by atoms with Crippen LogP contribution in [-0.4, -0.2) is 41.1 Å². The molecule has 1 aliphatic heterocycles. The van der Waals surface area contributed by atoms with E-state index in [4.69, 9.17) is 0 Å². The molecule has 0 amide bonds. The van der Waals surface area contributed by atoms with Gasteiger partial charge in [0, 0.05) is 12.2 Å². The number of aromatic nitrogens is 2. The van der Waals surface area contributed by atoms with E-state index >= 15 is 0 Å². The van der Waals surface area contributed by atoms with Gasteiger partial charge in [0.05, 0.1) is 18.1 Å². The standard InChI is InChI=1S/C14H26N4/c1-5-15-8-12-6-7-17(4)14(12)13-9-16-10-18(13)11(2)3/h9-12,14-15H,5-8H2,1-4H3. The second-order valence-corrected chi connectivity index (χ2v) is 5.60. The molecule has 4 nitrogen and oxygen atoms in total. The summed E-state index contributed by atoms with van der Waals surface area (Å²) in [6, 6.07) is 0.991. The van der Waals surface area contributed by atoms with E-state index in [1.165, 1.54) is 18.7 Å². The van der Waals surface area contributed by atoms with Crippen molar-refractivity contribution in [2.45, 2.75) is 39.3 Å². The van der Waals surface area contributed by atoms with Crippen LogP contribution in [0.4, 0.5) is 0 Å². The summed E-state index contributed by atoms with van der Waals surface area (Å²) < 4.78 is 2.31. The molecule has 0 aromatic carbocycles. The Bertz CT molecular complexity index is 372. The first-order valence-electron chi connectivity index (χ1n) is 7.07. The Morgan fingerprint density at radius 2 is 2.28 bits per heavy atom. The molecule has 18 heavy (non-hydrogen) atoms. The molecule has 2 atom stereocenters. The minimum absolute atomic E-state index is 0.483. The summed E-state index contributed by atoms with van der Waals surface area (Å²) in [6.45, 7) is 9.96. The maximum absolute atomic E-state index is 4.35. The summed E-state index contributed by atoms with van der Waals surface area (Å²) in [4.78, 5) is 6.82. The fraction of sp³-hybridized carbons (Fsp3) is 0.786. The Kier molecular flexibility index (Phi) is 4.40. The third-order valence-electron chi connectivity index (χ3n) is 3.99. The molecule has 1 aromatic heterocycles. The van der Waals surface area contributed by atoms with E-state index in [1.807, 2.05) is 12.5 Å². The Morgan fingerprint density at radius 3 is 2.94 bits per heavy atom. The normalized spacial score (nSPS) is 25.2. The monoisotopic (exact) mass is 250 g/mol. The van der Waals surface area contributed by atoms with Gasteiger partial charge in [-0.25, -0.2) is 4.98 Å². The zero-order chi connectivity index (χ0) is 13.1. The summed E-state index contributed by atoms with van der Waals surface area (Å²) in [5.41, 5.74) is 1.37. The summed E-state index contributed by atoms with van der Waals surface area (Å²) >= 11 is 0. The lowest BCUT2D eigenvalue weighted by Crippen LogP contribution is -2.30. The molecule has 1 N–H and O–H groups in total. The number of nitrogens with one attached hydrogen (secondary N) is 1. The van der Waals surface area contributed by atoms with Crippen LogP contribution in [0, 0.1) is 5.92 Å². The zero-order valence-corrected chi connectivity index (χ0v) is 12.1. The number of hydrogen-bond donors (Lipinski definition) is 1. The van der Waals surface area contributed by atoms with Crippen molar-refractivity contribution in [2.75, 3.05) is 26.7 Å². The highest BCUT2D eigenvalue weighted by atomic mass is 15.2. The molecule has 4 heteroatoms. The summed E-state index contributed by atoms with van der Waals surface area (Å²) in [5, 5.41) is 3.50. The predicted molar refractivity (Wildman–Crippen MR) is 74.6 cm³/mol. The minimum Gasteiger partial charge on any atom is -0.331 e. The van der Waals surface area contributed by atoms with Crippen molar-refractivity contribution >= 4 is 0 Å². The molecular weight excluding hydrogens is 224 g/mol. The second-order valence-electron chi connectivity index (χ2n) is 5.60. The number of imidazole rings is 1. The first-order valence-corrected chi connectivity index (χ1v) is 7.07. The van der Waals surface area contributed by atoms with Crippen molar-refractivity contribution in [2.24, 2.45) is 5.92 Å². The average molecular weight is 250 g/mol. The van der Waals surface area contributed by atoms with Crippen molar-refractivity contribution in [1.29, 1.82) is 0 Å². The van der Waals surface area contributed by atoms with Crippen molar-refractivity contribution in [3.05, 3.63) is 18.2 Å². The average Bonchev–Trinajstić information content (AvgIpc) is 2.92. The van der Waals surface area contributed by atoms with Crippen LogP contribution in [0.15, 0.2) is 12.5 Å². The van der Waals surface area contributed by atoms with Crippen molar-refractivity contribution in [3.8, 4) is 0 Å². The van der Waals surface area contributed by atoms with Crippen LogP contribution in [0.5, 0.6) is 0 Å². The molecule has 0 radical (unpaired) electrons. The van der Waals surface area contributed by atoms with E-state index in [0.717, 1.165) is 13.1 Å². The Hall–Kier alpha value is -0.870. The van der Waals surface area contributed by atoms with Crippen LogP contribution in [0.2, 0.25) is 0 Å². The van der Waals surface area contributed by atoms with Gasteiger partial charge in [0.1, 0.15) is 0 Å². The Morgan fingerprint density at radius 1 is 1.50 bits per heavy atom. The maximum Gasteiger partial charge on any atom is 0.0951 e. The number of nitrogens with zero attached hydrogens (tertiary/aromatic N) is 3. The van der Waals surface area contributed by atoms with Gasteiger partial charge >= 0.3 is 0 Å². The molecule has 0 spiro atoms. The van der Waals surface area contributed by atoms with Crippen LogP contribution in [0.3, 0.4) is 0 Å². The molecule has 0 aliphatic carbocycles. The van der Waals surface area contributed by atoms with E-state index < -0.39 is 0 Å². The van der Waals surface area contributed by atoms with E-state index in [2.05, 4.69) is 47.6 Å². The molecule has 0 saturated carbocycles. The Balaban J connectivity index is 2.19. The number of rotatable bonds is 5. The smallest absolute Gasteiger partial charge is 0.0951 e. The van der Waals surface area contributed by atoms with Gasteiger partial charge in [-0.2, -0.15) is 0 Å². The Labute approximate surface area is 110 Å². The van der Waals surface area contributed by atoms with Crippen LogP contribution < -0.4 is 5.32 Å². The van der Waals surface area contributed by atoms with Gasteiger partial charge in [0.15, 0.2) is 0 Å². The molecule has 0 bridgehead atoms. The van der Waals surface area contributed by atoms with Crippen LogP contribution in [0.1, 0.15) is 45.0 Å². The minimum atomic E-state index is 0.483. The number of likely N-dealkylation sites (tertiary alicyclic amines) is 1. The van der Waals surface area contributed by atoms with Gasteiger partial charge in [0.25, 0.3) is 0 Å². The first-order chi connectivity index (χ1) is 8.65. The SMILES string of the molecule is CCNCC1CCN(C)C1c1cncn1C(C)C. The lowest BCUT2D eigenvalue weighted by Gasteiger charge is -2.27. The van der Waals surface area contributed by atoms with Crippen molar-refractivity contribution in [3.63, 3.8) is 0 Å². The lowest BCUT2D eigenvalue weighted by molar-refractivity contribution is 0.257. The third kappa shape index (κ3) is 2.59. The van der Waals surface area contributed by atoms with Crippen LogP contribution in [-0.2, 0) is 0 Å². The molecule has 2 rings (SSSR count). The van der Waals surface area contributed by atoms with E-state index in [-0.39, 0.29) is 0 Å². The molecule has 1 aromatic rings. The summed E-state index contributed by atoms with van der Waals surface area (Å²) in [7, 11) is 2.23. The highest BCUT2D eigenvalue weighted by molar-refractivity contribution is 5.11. The fourth-order valence-corrected chi connectivity index (χ4v) is 3.01. The quantitative estimate of drug-likeness (QED) is 0.868. The molecular formula is C14H26N4. The first kappa shape index (κ1) is 13.6. The van der Waals surface area contributed by atoms with Crippen molar-refractivity contribution < 1.29 is 0 Å². The maximum atomic E-state index is 4.35. The van der Waals surface area contributed by atoms with Crippen LogP contribution >= 0.6 is 0 Å². The van der Waals surface area contributed by atoms with Gasteiger partial charge in [-0.15, -0.1) is 0 Å². The summed E-state index contributed by atoms with van der Waals surface area (Å²) in [6.07, 6.45) is 5.29. The molecule has 1 saturated heterocycles. The van der Waals surface area contributed by atoms with Gasteiger partial charge in [-0.3, -0.25) is 4.90 Å². The van der Waals surface area contributed by atoms with Crippen molar-refractivity contribution in [1.82, 2.24) is 19.8 Å². The second kappa shape index (κ2) is 5.85.